The van der Waals surface area contributed by atoms with Gasteiger partial charge in [-0.15, -0.1) is 17.9 Å². The van der Waals surface area contributed by atoms with E-state index in [4.69, 9.17) is 5.11 Å². The monoisotopic (exact) mass is 345 g/mol. The molecule has 1 amide bonds. The number of halogens is 1. The van der Waals surface area contributed by atoms with Gasteiger partial charge in [-0.2, -0.15) is 0 Å². The molecule has 0 unspecified atom stereocenters. The van der Waals surface area contributed by atoms with E-state index in [2.05, 4.69) is 22.5 Å². The second-order valence-corrected chi connectivity index (χ2v) is 6.56. The second-order valence-electron chi connectivity index (χ2n) is 4.02. The minimum atomic E-state index is -1.00. The van der Waals surface area contributed by atoms with Gasteiger partial charge in [-0.3, -0.25) is 9.59 Å². The van der Waals surface area contributed by atoms with Crippen molar-refractivity contribution in [3.05, 3.63) is 33.5 Å². The number of thiophene rings is 1. The number of carbonyl (C=O) groups is 2. The first-order valence-electron chi connectivity index (χ1n) is 5.87. The molecule has 0 saturated carbocycles. The van der Waals surface area contributed by atoms with Gasteiger partial charge in [0.1, 0.15) is 6.54 Å². The number of aliphatic carboxylic acids is 1. The number of hydrogen-bond acceptors (Lipinski definition) is 3. The number of nitrogens with zero attached hydrogens (tertiary/aromatic N) is 1. The summed E-state index contributed by atoms with van der Waals surface area (Å²) in [5, 5.41) is 8.73. The van der Waals surface area contributed by atoms with Crippen molar-refractivity contribution in [2.24, 2.45) is 0 Å². The van der Waals surface area contributed by atoms with Crippen molar-refractivity contribution in [3.63, 3.8) is 0 Å². The van der Waals surface area contributed by atoms with Gasteiger partial charge in [-0.1, -0.05) is 6.08 Å². The van der Waals surface area contributed by atoms with Crippen LogP contribution in [0.15, 0.2) is 28.6 Å². The summed E-state index contributed by atoms with van der Waals surface area (Å²) in [6.45, 7) is 3.54. The van der Waals surface area contributed by atoms with E-state index in [9.17, 15) is 9.59 Å². The van der Waals surface area contributed by atoms with E-state index in [1.165, 1.54) is 15.9 Å². The predicted octanol–water partition coefficient (Wildman–Crippen LogP) is 2.93. The van der Waals surface area contributed by atoms with Crippen molar-refractivity contribution in [2.45, 2.75) is 19.3 Å². The average molecular weight is 346 g/mol. The summed E-state index contributed by atoms with van der Waals surface area (Å²) in [4.78, 5) is 25.0. The molecule has 0 bridgehead atoms. The Morgan fingerprint density at radius 3 is 2.74 bits per heavy atom. The van der Waals surface area contributed by atoms with Crippen LogP contribution in [0.2, 0.25) is 0 Å². The summed E-state index contributed by atoms with van der Waals surface area (Å²) < 4.78 is 1.08. The highest BCUT2D eigenvalue weighted by atomic mass is 79.9. The zero-order valence-electron chi connectivity index (χ0n) is 10.5. The molecule has 6 heteroatoms. The Balaban J connectivity index is 2.39. The van der Waals surface area contributed by atoms with Crippen LogP contribution in [0.5, 0.6) is 0 Å². The second kappa shape index (κ2) is 8.12. The number of carboxylic acid groups (broad SMARTS) is 1. The Morgan fingerprint density at radius 2 is 2.21 bits per heavy atom. The zero-order chi connectivity index (χ0) is 14.3. The molecule has 0 fully saturated rings. The highest BCUT2D eigenvalue weighted by Crippen LogP contribution is 2.23. The molecule has 0 atom stereocenters. The van der Waals surface area contributed by atoms with E-state index in [1.54, 1.807) is 11.3 Å². The predicted molar refractivity (Wildman–Crippen MR) is 79.4 cm³/mol. The van der Waals surface area contributed by atoms with Crippen molar-refractivity contribution in [2.75, 3.05) is 13.1 Å². The molecule has 0 spiro atoms. The van der Waals surface area contributed by atoms with Gasteiger partial charge in [0.05, 0.1) is 3.79 Å². The largest absolute Gasteiger partial charge is 0.480 e. The van der Waals surface area contributed by atoms with Crippen LogP contribution in [0.4, 0.5) is 0 Å². The van der Waals surface area contributed by atoms with Crippen LogP contribution in [-0.4, -0.2) is 35.0 Å². The molecular formula is C13H16BrNO3S. The topological polar surface area (TPSA) is 57.6 Å². The Kier molecular flexibility index (Phi) is 6.80. The number of amides is 1. The third-order valence-electron chi connectivity index (χ3n) is 2.47. The lowest BCUT2D eigenvalue weighted by Gasteiger charge is -2.18. The lowest BCUT2D eigenvalue weighted by molar-refractivity contribution is -0.144. The van der Waals surface area contributed by atoms with E-state index < -0.39 is 5.97 Å². The maximum atomic E-state index is 11.9. The Labute approximate surface area is 124 Å². The zero-order valence-corrected chi connectivity index (χ0v) is 12.9. The molecule has 0 aliphatic heterocycles. The van der Waals surface area contributed by atoms with Crippen LogP contribution in [0.25, 0.3) is 0 Å². The molecule has 0 saturated heterocycles. The molecule has 1 N–H and O–H groups in total. The smallest absolute Gasteiger partial charge is 0.323 e. The van der Waals surface area contributed by atoms with Gasteiger partial charge in [0.2, 0.25) is 5.91 Å². The van der Waals surface area contributed by atoms with Gasteiger partial charge in [0.15, 0.2) is 0 Å². The summed E-state index contributed by atoms with van der Waals surface area (Å²) in [6, 6.07) is 4.01. The summed E-state index contributed by atoms with van der Waals surface area (Å²) >= 11 is 5.04. The Bertz CT molecular complexity index is 458. The normalized spacial score (nSPS) is 10.2. The van der Waals surface area contributed by atoms with Crippen LogP contribution in [0, 0.1) is 0 Å². The first-order valence-corrected chi connectivity index (χ1v) is 7.48. The van der Waals surface area contributed by atoms with Gasteiger partial charge in [-0.25, -0.2) is 0 Å². The van der Waals surface area contributed by atoms with Crippen molar-refractivity contribution in [1.29, 1.82) is 0 Å². The lowest BCUT2D eigenvalue weighted by Crippen LogP contribution is -2.35. The van der Waals surface area contributed by atoms with Gasteiger partial charge < -0.3 is 10.0 Å². The van der Waals surface area contributed by atoms with Crippen LogP contribution in [0.1, 0.15) is 17.7 Å². The average Bonchev–Trinajstić information content (AvgIpc) is 2.74. The molecule has 0 radical (unpaired) electrons. The SMILES string of the molecule is C=CCN(CC(=O)O)C(=O)CCCc1ccc(Br)s1. The molecule has 1 aromatic heterocycles. The van der Waals surface area contributed by atoms with Crippen molar-refractivity contribution < 1.29 is 14.7 Å². The minimum Gasteiger partial charge on any atom is -0.480 e. The molecule has 19 heavy (non-hydrogen) atoms. The number of carboxylic acids is 1. The van der Waals surface area contributed by atoms with Gasteiger partial charge in [0, 0.05) is 17.8 Å². The fraction of sp³-hybridized carbons (Fsp3) is 0.385. The van der Waals surface area contributed by atoms with Crippen molar-refractivity contribution >= 4 is 39.1 Å². The fourth-order valence-electron chi connectivity index (χ4n) is 1.63. The number of rotatable bonds is 8. The van der Waals surface area contributed by atoms with Crippen molar-refractivity contribution in [1.82, 2.24) is 4.90 Å². The number of hydrogen-bond donors (Lipinski definition) is 1. The maximum absolute atomic E-state index is 11.9. The molecule has 0 aliphatic carbocycles. The summed E-state index contributed by atoms with van der Waals surface area (Å²) in [5.41, 5.74) is 0. The van der Waals surface area contributed by atoms with Crippen LogP contribution in [0.3, 0.4) is 0 Å². The molecule has 0 aromatic carbocycles. The van der Waals surface area contributed by atoms with Gasteiger partial charge >= 0.3 is 5.97 Å². The molecule has 4 nitrogen and oxygen atoms in total. The van der Waals surface area contributed by atoms with Crippen LogP contribution < -0.4 is 0 Å². The molecule has 104 valence electrons. The first-order chi connectivity index (χ1) is 9.02. The lowest BCUT2D eigenvalue weighted by atomic mass is 10.2. The van der Waals surface area contributed by atoms with Crippen LogP contribution in [-0.2, 0) is 16.0 Å². The van der Waals surface area contributed by atoms with E-state index >= 15 is 0 Å². The van der Waals surface area contributed by atoms with E-state index in [0.717, 1.165) is 16.6 Å². The highest BCUT2D eigenvalue weighted by molar-refractivity contribution is 9.11. The fourth-order valence-corrected chi connectivity index (χ4v) is 3.16. The third-order valence-corrected chi connectivity index (χ3v) is 4.15. The quantitative estimate of drug-likeness (QED) is 0.737. The summed E-state index contributed by atoms with van der Waals surface area (Å²) in [6.07, 6.45) is 3.45. The molecule has 1 rings (SSSR count). The van der Waals surface area contributed by atoms with E-state index in [1.807, 2.05) is 12.1 Å². The maximum Gasteiger partial charge on any atom is 0.323 e. The Morgan fingerprint density at radius 1 is 1.47 bits per heavy atom. The third kappa shape index (κ3) is 6.02. The van der Waals surface area contributed by atoms with Gasteiger partial charge in [-0.05, 0) is 40.9 Å². The van der Waals surface area contributed by atoms with Gasteiger partial charge in [0.25, 0.3) is 0 Å². The highest BCUT2D eigenvalue weighted by Gasteiger charge is 2.14. The number of carbonyl (C=O) groups excluding carboxylic acids is 1. The standard InChI is InChI=1S/C13H16BrNO3S/c1-2-8-15(9-13(17)18)12(16)5-3-4-10-6-7-11(14)19-10/h2,6-7H,1,3-5,8-9H2,(H,17,18). The molecule has 1 aromatic rings. The molecular weight excluding hydrogens is 330 g/mol. The summed E-state index contributed by atoms with van der Waals surface area (Å²) in [5.74, 6) is -1.14. The Hall–Kier alpha value is -1.14. The first kappa shape index (κ1) is 15.9. The van der Waals surface area contributed by atoms with Crippen molar-refractivity contribution in [3.8, 4) is 0 Å². The molecule has 0 aliphatic rings. The minimum absolute atomic E-state index is 0.141. The molecule has 1 heterocycles. The number of aryl methyl sites for hydroxylation is 1. The van der Waals surface area contributed by atoms with E-state index in [-0.39, 0.29) is 19.0 Å². The summed E-state index contributed by atoms with van der Waals surface area (Å²) in [7, 11) is 0. The van der Waals surface area contributed by atoms with Crippen LogP contribution >= 0.6 is 27.3 Å². The van der Waals surface area contributed by atoms with E-state index in [0.29, 0.717) is 6.42 Å².